The summed E-state index contributed by atoms with van der Waals surface area (Å²) >= 11 is 5.37. The predicted molar refractivity (Wildman–Crippen MR) is 42.4 cm³/mol. The number of nitrogens with zero attached hydrogens (tertiary/aromatic N) is 1. The van der Waals surface area contributed by atoms with Gasteiger partial charge in [0.2, 0.25) is 0 Å². The molecule has 0 saturated carbocycles. The molecule has 0 amide bonds. The molecule has 0 bridgehead atoms. The molecule has 0 spiro atoms. The molecule has 1 rings (SSSR count). The second-order valence-corrected chi connectivity index (χ2v) is 2.55. The third-order valence-corrected chi connectivity index (χ3v) is 1.64. The van der Waals surface area contributed by atoms with Crippen LogP contribution < -0.4 is 4.74 Å². The predicted octanol–water partition coefficient (Wildman–Crippen LogP) is 2.39. The average molecular weight is 210 g/mol. The summed E-state index contributed by atoms with van der Waals surface area (Å²) in [5.41, 5.74) is -0.528. The lowest BCUT2D eigenvalue weighted by Gasteiger charge is -2.06. The van der Waals surface area contributed by atoms with Crippen molar-refractivity contribution in [2.45, 2.75) is 6.43 Å². The van der Waals surface area contributed by atoms with E-state index < -0.39 is 23.0 Å². The number of halogens is 3. The number of rotatable bonds is 2. The van der Waals surface area contributed by atoms with Crippen LogP contribution in [0.4, 0.5) is 8.78 Å². The van der Waals surface area contributed by atoms with Gasteiger partial charge in [-0.05, 0) is 0 Å². The highest BCUT2D eigenvalue weighted by molar-refractivity contribution is 6.31. The van der Waals surface area contributed by atoms with Crippen molar-refractivity contribution in [2.75, 3.05) is 7.11 Å². The largest absolute Gasteiger partial charge is 0.502 e. The summed E-state index contributed by atoms with van der Waals surface area (Å²) in [4.78, 5) is 3.27. The molecule has 0 atom stereocenters. The van der Waals surface area contributed by atoms with Gasteiger partial charge < -0.3 is 9.84 Å². The molecule has 3 nitrogen and oxygen atoms in total. The van der Waals surface area contributed by atoms with Gasteiger partial charge in [-0.1, -0.05) is 11.6 Å². The second kappa shape index (κ2) is 3.74. The molecule has 1 heterocycles. The van der Waals surface area contributed by atoms with Gasteiger partial charge in [0.15, 0.2) is 16.7 Å². The molecule has 1 aromatic rings. The van der Waals surface area contributed by atoms with Crippen LogP contribution in [0, 0.1) is 0 Å². The molecule has 13 heavy (non-hydrogen) atoms. The van der Waals surface area contributed by atoms with E-state index in [0.29, 0.717) is 0 Å². The highest BCUT2D eigenvalue weighted by Crippen LogP contribution is 2.34. The Morgan fingerprint density at radius 3 is 2.69 bits per heavy atom. The van der Waals surface area contributed by atoms with Crippen molar-refractivity contribution in [3.63, 3.8) is 0 Å². The minimum atomic E-state index is -2.74. The Labute approximate surface area is 77.9 Å². The summed E-state index contributed by atoms with van der Waals surface area (Å²) < 4.78 is 28.9. The van der Waals surface area contributed by atoms with Gasteiger partial charge in [0, 0.05) is 6.07 Å². The summed E-state index contributed by atoms with van der Waals surface area (Å²) in [6.45, 7) is 0. The molecule has 0 aliphatic carbocycles. The number of aromatic hydroxyl groups is 1. The molecule has 6 heteroatoms. The zero-order chi connectivity index (χ0) is 10.0. The fraction of sp³-hybridized carbons (Fsp3) is 0.286. The first-order chi connectivity index (χ1) is 6.06. The molecular formula is C7H6ClF2NO2. The minimum absolute atomic E-state index is 0.115. The standard InChI is InChI=1S/C7H6ClF2NO2/c1-13-4-2-3(7(9)10)11-6(8)5(4)12/h2,7,12H,1H3. The topological polar surface area (TPSA) is 42.4 Å². The zero-order valence-corrected chi connectivity index (χ0v) is 7.35. The van der Waals surface area contributed by atoms with Crippen LogP contribution in [0.25, 0.3) is 0 Å². The number of hydrogen-bond donors (Lipinski definition) is 1. The van der Waals surface area contributed by atoms with Crippen LogP contribution in [0.15, 0.2) is 6.07 Å². The summed E-state index contributed by atoms with van der Waals surface area (Å²) in [5, 5.41) is 8.75. The Balaban J connectivity index is 3.22. The lowest BCUT2D eigenvalue weighted by molar-refractivity contribution is 0.145. The smallest absolute Gasteiger partial charge is 0.280 e. The zero-order valence-electron chi connectivity index (χ0n) is 6.59. The highest BCUT2D eigenvalue weighted by Gasteiger charge is 2.16. The summed E-state index contributed by atoms with van der Waals surface area (Å²) in [6, 6.07) is 0.936. The van der Waals surface area contributed by atoms with Gasteiger partial charge in [-0.2, -0.15) is 0 Å². The molecule has 0 aromatic carbocycles. The van der Waals surface area contributed by atoms with E-state index in [1.165, 1.54) is 7.11 Å². The molecule has 0 aliphatic heterocycles. The minimum Gasteiger partial charge on any atom is -0.502 e. The van der Waals surface area contributed by atoms with Crippen molar-refractivity contribution in [2.24, 2.45) is 0 Å². The SMILES string of the molecule is COc1cc(C(F)F)nc(Cl)c1O. The Hall–Kier alpha value is -1.10. The van der Waals surface area contributed by atoms with E-state index in [-0.39, 0.29) is 5.75 Å². The van der Waals surface area contributed by atoms with Gasteiger partial charge in [0.25, 0.3) is 6.43 Å². The quantitative estimate of drug-likeness (QED) is 0.761. The molecule has 0 radical (unpaired) electrons. The number of methoxy groups -OCH3 is 1. The van der Waals surface area contributed by atoms with E-state index in [1.54, 1.807) is 0 Å². The average Bonchev–Trinajstić information content (AvgIpc) is 2.09. The van der Waals surface area contributed by atoms with E-state index in [4.69, 9.17) is 16.7 Å². The molecule has 0 unspecified atom stereocenters. The van der Waals surface area contributed by atoms with Crippen molar-refractivity contribution in [3.05, 3.63) is 16.9 Å². The normalized spacial score (nSPS) is 10.5. The second-order valence-electron chi connectivity index (χ2n) is 2.19. The van der Waals surface area contributed by atoms with E-state index in [9.17, 15) is 8.78 Å². The number of pyridine rings is 1. The first-order valence-corrected chi connectivity index (χ1v) is 3.65. The van der Waals surface area contributed by atoms with Crippen LogP contribution in [-0.2, 0) is 0 Å². The number of alkyl halides is 2. The van der Waals surface area contributed by atoms with Crippen LogP contribution in [0.1, 0.15) is 12.1 Å². The first-order valence-electron chi connectivity index (χ1n) is 3.27. The Morgan fingerprint density at radius 1 is 1.62 bits per heavy atom. The lowest BCUT2D eigenvalue weighted by Crippen LogP contribution is -1.93. The van der Waals surface area contributed by atoms with Gasteiger partial charge in [0.05, 0.1) is 7.11 Å². The lowest BCUT2D eigenvalue weighted by atomic mass is 10.3. The van der Waals surface area contributed by atoms with Crippen LogP contribution >= 0.6 is 11.6 Å². The Morgan fingerprint density at radius 2 is 2.23 bits per heavy atom. The first kappa shape index (κ1) is 9.98. The van der Waals surface area contributed by atoms with E-state index in [2.05, 4.69) is 9.72 Å². The number of ether oxygens (including phenoxy) is 1. The monoisotopic (exact) mass is 209 g/mol. The molecule has 0 saturated heterocycles. The van der Waals surface area contributed by atoms with Crippen LogP contribution in [0.2, 0.25) is 5.15 Å². The number of aromatic nitrogens is 1. The third-order valence-electron chi connectivity index (χ3n) is 1.38. The van der Waals surface area contributed by atoms with Crippen molar-refractivity contribution in [1.29, 1.82) is 0 Å². The molecular weight excluding hydrogens is 204 g/mol. The van der Waals surface area contributed by atoms with Crippen LogP contribution in [-0.4, -0.2) is 17.2 Å². The third kappa shape index (κ3) is 1.98. The van der Waals surface area contributed by atoms with Crippen molar-refractivity contribution < 1.29 is 18.6 Å². The molecule has 1 N–H and O–H groups in total. The fourth-order valence-corrected chi connectivity index (χ4v) is 0.961. The van der Waals surface area contributed by atoms with Gasteiger partial charge in [0.1, 0.15) is 5.69 Å². The van der Waals surface area contributed by atoms with Crippen LogP contribution in [0.3, 0.4) is 0 Å². The van der Waals surface area contributed by atoms with E-state index in [1.807, 2.05) is 0 Å². The molecule has 0 fully saturated rings. The van der Waals surface area contributed by atoms with Gasteiger partial charge in [-0.15, -0.1) is 0 Å². The van der Waals surface area contributed by atoms with E-state index >= 15 is 0 Å². The van der Waals surface area contributed by atoms with Crippen molar-refractivity contribution in [3.8, 4) is 11.5 Å². The summed E-state index contributed by atoms with van der Waals surface area (Å²) in [5.74, 6) is -0.552. The van der Waals surface area contributed by atoms with Gasteiger partial charge in [-0.25, -0.2) is 13.8 Å². The van der Waals surface area contributed by atoms with Crippen molar-refractivity contribution in [1.82, 2.24) is 4.98 Å². The maximum atomic E-state index is 12.1. The summed E-state index contributed by atoms with van der Waals surface area (Å²) in [6.07, 6.45) is -2.74. The molecule has 1 aromatic heterocycles. The highest BCUT2D eigenvalue weighted by atomic mass is 35.5. The Bertz CT molecular complexity index is 320. The van der Waals surface area contributed by atoms with Gasteiger partial charge in [-0.3, -0.25) is 0 Å². The summed E-state index contributed by atoms with van der Waals surface area (Å²) in [7, 11) is 1.24. The van der Waals surface area contributed by atoms with Crippen LogP contribution in [0.5, 0.6) is 11.5 Å². The Kier molecular flexibility index (Phi) is 2.87. The fourth-order valence-electron chi connectivity index (χ4n) is 0.770. The van der Waals surface area contributed by atoms with Crippen molar-refractivity contribution >= 4 is 11.6 Å². The van der Waals surface area contributed by atoms with E-state index in [0.717, 1.165) is 6.07 Å². The molecule has 0 aliphatic rings. The van der Waals surface area contributed by atoms with Gasteiger partial charge >= 0.3 is 0 Å². The molecule has 72 valence electrons. The maximum Gasteiger partial charge on any atom is 0.280 e. The maximum absolute atomic E-state index is 12.1. The number of hydrogen-bond acceptors (Lipinski definition) is 3.